The van der Waals surface area contributed by atoms with Gasteiger partial charge in [-0.2, -0.15) is 4.31 Å². The summed E-state index contributed by atoms with van der Waals surface area (Å²) in [4.78, 5) is 23.6. The summed E-state index contributed by atoms with van der Waals surface area (Å²) >= 11 is 0. The summed E-state index contributed by atoms with van der Waals surface area (Å²) in [5.74, 6) is -0.581. The minimum atomic E-state index is -3.94. The number of carbonyl (C=O) groups is 1. The third-order valence-electron chi connectivity index (χ3n) is 5.25. The first-order valence-electron chi connectivity index (χ1n) is 10.3. The van der Waals surface area contributed by atoms with E-state index < -0.39 is 27.4 Å². The molecule has 0 aliphatic rings. The Bertz CT molecular complexity index is 1240. The van der Waals surface area contributed by atoms with E-state index in [0.29, 0.717) is 12.0 Å². The van der Waals surface area contributed by atoms with E-state index in [1.807, 2.05) is 37.3 Å². The fourth-order valence-corrected chi connectivity index (χ4v) is 4.75. The molecule has 0 saturated heterocycles. The maximum Gasteiger partial charge on any atom is 0.274 e. The average molecular weight is 468 g/mol. The van der Waals surface area contributed by atoms with E-state index in [1.54, 1.807) is 18.2 Å². The molecule has 33 heavy (non-hydrogen) atoms. The number of nitro benzene ring substituents is 1. The van der Waals surface area contributed by atoms with Crippen LogP contribution in [-0.2, 0) is 21.2 Å². The molecule has 1 N–H and O–H groups in total. The maximum absolute atomic E-state index is 13.3. The fraction of sp³-hybridized carbons (Fsp3) is 0.208. The molecular formula is C24H25N3O5S. The van der Waals surface area contributed by atoms with Crippen molar-refractivity contribution in [3.63, 3.8) is 0 Å². The smallest absolute Gasteiger partial charge is 0.274 e. The van der Waals surface area contributed by atoms with Crippen molar-refractivity contribution in [3.8, 4) is 0 Å². The van der Waals surface area contributed by atoms with E-state index in [-0.39, 0.29) is 22.8 Å². The topological polar surface area (TPSA) is 110 Å². The minimum Gasteiger partial charge on any atom is -0.324 e. The van der Waals surface area contributed by atoms with Crippen LogP contribution in [0.2, 0.25) is 0 Å². The number of amides is 1. The van der Waals surface area contributed by atoms with Gasteiger partial charge in [-0.25, -0.2) is 8.42 Å². The number of hydrogen-bond acceptors (Lipinski definition) is 5. The molecule has 0 fully saturated rings. The van der Waals surface area contributed by atoms with E-state index in [9.17, 15) is 23.3 Å². The molecule has 0 spiro atoms. The number of hydrogen-bond donors (Lipinski definition) is 1. The molecule has 0 unspecified atom stereocenters. The highest BCUT2D eigenvalue weighted by Gasteiger charge is 2.27. The normalized spacial score (nSPS) is 11.4. The van der Waals surface area contributed by atoms with Gasteiger partial charge in [0.25, 0.3) is 5.69 Å². The van der Waals surface area contributed by atoms with Crippen LogP contribution in [0, 0.1) is 24.0 Å². The number of anilines is 1. The van der Waals surface area contributed by atoms with Gasteiger partial charge in [0.2, 0.25) is 15.9 Å². The highest BCUT2D eigenvalue weighted by Crippen LogP contribution is 2.25. The number of nitro groups is 1. The van der Waals surface area contributed by atoms with Crippen LogP contribution in [0.25, 0.3) is 0 Å². The molecule has 3 aromatic carbocycles. The second-order valence-corrected chi connectivity index (χ2v) is 9.58. The van der Waals surface area contributed by atoms with Gasteiger partial charge >= 0.3 is 0 Å². The molecule has 0 aromatic heterocycles. The Hall–Kier alpha value is -3.56. The summed E-state index contributed by atoms with van der Waals surface area (Å²) in [5.41, 5.74) is 2.30. The Morgan fingerprint density at radius 1 is 0.970 bits per heavy atom. The lowest BCUT2D eigenvalue weighted by Gasteiger charge is -2.22. The van der Waals surface area contributed by atoms with Gasteiger partial charge in [0, 0.05) is 12.6 Å². The van der Waals surface area contributed by atoms with E-state index >= 15 is 0 Å². The lowest BCUT2D eigenvalue weighted by molar-refractivity contribution is -0.385. The molecule has 0 aliphatic carbocycles. The van der Waals surface area contributed by atoms with E-state index in [0.717, 1.165) is 15.4 Å². The first kappa shape index (κ1) is 24.1. The summed E-state index contributed by atoms with van der Waals surface area (Å²) < 4.78 is 27.8. The van der Waals surface area contributed by atoms with E-state index in [4.69, 9.17) is 0 Å². The highest BCUT2D eigenvalue weighted by molar-refractivity contribution is 7.89. The summed E-state index contributed by atoms with van der Waals surface area (Å²) in [5, 5.41) is 13.8. The Labute approximate surface area is 193 Å². The van der Waals surface area contributed by atoms with Crippen LogP contribution in [0.4, 0.5) is 11.4 Å². The standard InChI is InChI=1S/C24H25N3O5S/c1-18-11-13-21(14-12-18)33(31,32)26(16-15-20-7-4-3-5-8-20)17-24(28)25-22-9-6-10-23(19(22)2)27(29)30/h3-14H,15-17H2,1-2H3,(H,25,28). The summed E-state index contributed by atoms with van der Waals surface area (Å²) in [6.07, 6.45) is 0.426. The van der Waals surface area contributed by atoms with E-state index in [2.05, 4.69) is 5.32 Å². The maximum atomic E-state index is 13.3. The molecule has 0 bridgehead atoms. The van der Waals surface area contributed by atoms with Crippen LogP contribution in [0.15, 0.2) is 77.7 Å². The predicted octanol–water partition coefficient (Wildman–Crippen LogP) is 4.08. The largest absolute Gasteiger partial charge is 0.324 e. The summed E-state index contributed by atoms with van der Waals surface area (Å²) in [6.45, 7) is 3.06. The quantitative estimate of drug-likeness (QED) is 0.377. The first-order valence-corrected chi connectivity index (χ1v) is 11.8. The second-order valence-electron chi connectivity index (χ2n) is 7.64. The number of rotatable bonds is 9. The zero-order valence-corrected chi connectivity index (χ0v) is 19.2. The molecule has 0 radical (unpaired) electrons. The second kappa shape index (κ2) is 10.4. The van der Waals surface area contributed by atoms with Crippen molar-refractivity contribution in [3.05, 3.63) is 99.6 Å². The van der Waals surface area contributed by atoms with Gasteiger partial charge in [0.05, 0.1) is 27.6 Å². The Morgan fingerprint density at radius 3 is 2.27 bits per heavy atom. The Morgan fingerprint density at radius 2 is 1.64 bits per heavy atom. The third kappa shape index (κ3) is 6.03. The van der Waals surface area contributed by atoms with Crippen molar-refractivity contribution < 1.29 is 18.1 Å². The minimum absolute atomic E-state index is 0.0977. The van der Waals surface area contributed by atoms with Gasteiger partial charge in [0.15, 0.2) is 0 Å². The molecule has 0 heterocycles. The predicted molar refractivity (Wildman–Crippen MR) is 127 cm³/mol. The molecule has 1 amide bonds. The molecular weight excluding hydrogens is 442 g/mol. The van der Waals surface area contributed by atoms with Crippen LogP contribution in [0.5, 0.6) is 0 Å². The summed E-state index contributed by atoms with van der Waals surface area (Å²) in [6, 6.07) is 20.2. The number of sulfonamides is 1. The Balaban J connectivity index is 1.84. The van der Waals surface area contributed by atoms with Crippen molar-refractivity contribution in [1.82, 2.24) is 4.31 Å². The van der Waals surface area contributed by atoms with Crippen molar-refractivity contribution in [2.75, 3.05) is 18.4 Å². The van der Waals surface area contributed by atoms with Crippen molar-refractivity contribution >= 4 is 27.3 Å². The number of benzene rings is 3. The lowest BCUT2D eigenvalue weighted by atomic mass is 10.1. The van der Waals surface area contributed by atoms with E-state index in [1.165, 1.54) is 31.2 Å². The number of nitrogens with one attached hydrogen (secondary N) is 1. The Kier molecular flexibility index (Phi) is 7.57. The van der Waals surface area contributed by atoms with Gasteiger partial charge < -0.3 is 5.32 Å². The molecule has 3 rings (SSSR count). The van der Waals surface area contributed by atoms with Crippen LogP contribution in [-0.4, -0.2) is 36.6 Å². The first-order chi connectivity index (χ1) is 15.7. The third-order valence-corrected chi connectivity index (χ3v) is 7.11. The molecule has 9 heteroatoms. The van der Waals surface area contributed by atoms with Crippen molar-refractivity contribution in [1.29, 1.82) is 0 Å². The molecule has 172 valence electrons. The number of nitrogens with zero attached hydrogens (tertiary/aromatic N) is 2. The van der Waals surface area contributed by atoms with Crippen molar-refractivity contribution in [2.24, 2.45) is 0 Å². The zero-order valence-electron chi connectivity index (χ0n) is 18.4. The van der Waals surface area contributed by atoms with Gasteiger partial charge in [0.1, 0.15) is 0 Å². The lowest BCUT2D eigenvalue weighted by Crippen LogP contribution is -2.39. The van der Waals surface area contributed by atoms with Crippen LogP contribution in [0.3, 0.4) is 0 Å². The van der Waals surface area contributed by atoms with Gasteiger partial charge in [-0.15, -0.1) is 0 Å². The average Bonchev–Trinajstić information content (AvgIpc) is 2.78. The number of aryl methyl sites for hydroxylation is 1. The highest BCUT2D eigenvalue weighted by atomic mass is 32.2. The van der Waals surface area contributed by atoms with Crippen LogP contribution in [0.1, 0.15) is 16.7 Å². The molecule has 0 saturated carbocycles. The van der Waals surface area contributed by atoms with Gasteiger partial charge in [-0.05, 0) is 44.0 Å². The molecule has 8 nitrogen and oxygen atoms in total. The monoisotopic (exact) mass is 467 g/mol. The van der Waals surface area contributed by atoms with Gasteiger partial charge in [-0.1, -0.05) is 54.1 Å². The SMILES string of the molecule is Cc1ccc(S(=O)(=O)N(CCc2ccccc2)CC(=O)Nc2cccc([N+](=O)[O-])c2C)cc1. The molecule has 3 aromatic rings. The fourth-order valence-electron chi connectivity index (χ4n) is 3.35. The van der Waals surface area contributed by atoms with Gasteiger partial charge in [-0.3, -0.25) is 14.9 Å². The molecule has 0 atom stereocenters. The zero-order chi connectivity index (χ0) is 24.0. The van der Waals surface area contributed by atoms with Crippen molar-refractivity contribution in [2.45, 2.75) is 25.2 Å². The summed E-state index contributed by atoms with van der Waals surface area (Å²) in [7, 11) is -3.94. The van der Waals surface area contributed by atoms with Crippen LogP contribution < -0.4 is 5.32 Å². The molecule has 0 aliphatic heterocycles. The number of carbonyl (C=O) groups excluding carboxylic acids is 1. The van der Waals surface area contributed by atoms with Crippen LogP contribution >= 0.6 is 0 Å².